The number of nitrogens with zero attached hydrogens (tertiary/aromatic N) is 1. The molecule has 0 amide bonds. The van der Waals surface area contributed by atoms with E-state index in [0.29, 0.717) is 6.26 Å². The van der Waals surface area contributed by atoms with Gasteiger partial charge in [-0.2, -0.15) is 26.6 Å². The summed E-state index contributed by atoms with van der Waals surface area (Å²) in [5.74, 6) is -1.91. The summed E-state index contributed by atoms with van der Waals surface area (Å²) in [6.45, 7) is 0. The van der Waals surface area contributed by atoms with E-state index >= 15 is 0 Å². The molecule has 13 heteroatoms. The molecule has 6 nitrogen and oxygen atoms in total. The molecule has 0 atom stereocenters. The van der Waals surface area contributed by atoms with Crippen molar-refractivity contribution in [2.75, 3.05) is 0 Å². The zero-order valence-corrected chi connectivity index (χ0v) is 11.9. The average molecular weight is 377 g/mol. The molecule has 0 saturated heterocycles. The Labute approximate surface area is 129 Å². The summed E-state index contributed by atoms with van der Waals surface area (Å²) < 4.78 is 106. The Morgan fingerprint density at radius 3 is 2.08 bits per heavy atom. The maximum absolute atomic E-state index is 12.2. The van der Waals surface area contributed by atoms with Gasteiger partial charge in [-0.15, -0.1) is 13.2 Å². The number of hydrogen-bond donors (Lipinski definition) is 0. The van der Waals surface area contributed by atoms with E-state index in [1.54, 1.807) is 0 Å². The molecule has 1 aromatic heterocycles. The fourth-order valence-corrected chi connectivity index (χ4v) is 1.78. The van der Waals surface area contributed by atoms with Gasteiger partial charge in [0.25, 0.3) is 5.88 Å². The van der Waals surface area contributed by atoms with Crippen molar-refractivity contribution in [3.63, 3.8) is 0 Å². The van der Waals surface area contributed by atoms with Crippen LogP contribution >= 0.6 is 0 Å². The van der Waals surface area contributed by atoms with Crippen molar-refractivity contribution in [1.29, 1.82) is 0 Å². The second-order valence-corrected chi connectivity index (χ2v) is 5.58. The van der Waals surface area contributed by atoms with Gasteiger partial charge in [-0.05, 0) is 24.3 Å². The smallest absolute Gasteiger partial charge is 0.440 e. The van der Waals surface area contributed by atoms with Gasteiger partial charge in [0.15, 0.2) is 6.26 Å². The summed E-state index contributed by atoms with van der Waals surface area (Å²) in [5.41, 5.74) is -5.60. The first kappa shape index (κ1) is 17.9. The van der Waals surface area contributed by atoms with E-state index in [0.717, 1.165) is 24.3 Å². The normalized spacial score (nSPS) is 12.9. The van der Waals surface area contributed by atoms with Crippen molar-refractivity contribution in [3.8, 4) is 23.1 Å². The first-order chi connectivity index (χ1) is 10.9. The summed E-state index contributed by atoms with van der Waals surface area (Å²) in [6, 6.07) is 3.93. The number of oxazole rings is 1. The Kier molecular flexibility index (Phi) is 4.39. The van der Waals surface area contributed by atoms with Crippen LogP contribution in [0.1, 0.15) is 0 Å². The lowest BCUT2D eigenvalue weighted by Crippen LogP contribution is -2.28. The van der Waals surface area contributed by atoms with Crippen LogP contribution in [0.3, 0.4) is 0 Å². The van der Waals surface area contributed by atoms with Crippen LogP contribution in [0.2, 0.25) is 0 Å². The first-order valence-corrected chi connectivity index (χ1v) is 7.11. The number of hydrogen-bond acceptors (Lipinski definition) is 6. The summed E-state index contributed by atoms with van der Waals surface area (Å²) in [6.07, 6.45) is -4.39. The molecule has 0 aliphatic heterocycles. The zero-order chi connectivity index (χ0) is 18.2. The third-order valence-electron chi connectivity index (χ3n) is 2.30. The maximum Gasteiger partial charge on any atom is 0.573 e. The molecule has 1 heterocycles. The van der Waals surface area contributed by atoms with Gasteiger partial charge < -0.3 is 13.3 Å². The lowest BCUT2D eigenvalue weighted by atomic mass is 10.2. The Bertz CT molecular complexity index is 809. The molecule has 132 valence electrons. The minimum atomic E-state index is -5.91. The monoisotopic (exact) mass is 377 g/mol. The number of benzene rings is 1. The number of ether oxygens (including phenoxy) is 1. The summed E-state index contributed by atoms with van der Waals surface area (Å²) in [5, 5.41) is 0. The van der Waals surface area contributed by atoms with E-state index in [-0.39, 0.29) is 11.5 Å². The molecule has 0 unspecified atom stereocenters. The van der Waals surface area contributed by atoms with Crippen molar-refractivity contribution in [2.45, 2.75) is 11.9 Å². The van der Waals surface area contributed by atoms with Crippen LogP contribution in [-0.2, 0) is 10.1 Å². The molecular weight excluding hydrogens is 372 g/mol. The Morgan fingerprint density at radius 1 is 1.00 bits per heavy atom. The SMILES string of the molecule is O=S(=O)(Oc1coc(-c2ccc(OC(F)(F)F)cc2)n1)C(F)(F)F. The number of rotatable bonds is 4. The van der Waals surface area contributed by atoms with E-state index < -0.39 is 33.6 Å². The molecule has 2 rings (SSSR count). The molecule has 0 spiro atoms. The fraction of sp³-hybridized carbons (Fsp3) is 0.182. The Balaban J connectivity index is 2.16. The van der Waals surface area contributed by atoms with E-state index in [1.807, 2.05) is 0 Å². The molecule has 0 N–H and O–H groups in total. The van der Waals surface area contributed by atoms with Crippen LogP contribution in [0.5, 0.6) is 11.6 Å². The summed E-state index contributed by atoms with van der Waals surface area (Å²) >= 11 is 0. The van der Waals surface area contributed by atoms with Gasteiger partial charge in [0.2, 0.25) is 5.89 Å². The van der Waals surface area contributed by atoms with Gasteiger partial charge in [0.1, 0.15) is 5.75 Å². The molecule has 2 aromatic rings. The van der Waals surface area contributed by atoms with Crippen LogP contribution in [0.25, 0.3) is 11.5 Å². The van der Waals surface area contributed by atoms with Crippen LogP contribution in [-0.4, -0.2) is 25.3 Å². The van der Waals surface area contributed by atoms with E-state index in [1.165, 1.54) is 0 Å². The maximum atomic E-state index is 12.2. The number of alkyl halides is 6. The van der Waals surface area contributed by atoms with Crippen molar-refractivity contribution in [2.24, 2.45) is 0 Å². The fourth-order valence-electron chi connectivity index (χ4n) is 1.39. The topological polar surface area (TPSA) is 78.6 Å². The van der Waals surface area contributed by atoms with Gasteiger partial charge in [0.05, 0.1) is 0 Å². The predicted molar refractivity (Wildman–Crippen MR) is 64.2 cm³/mol. The van der Waals surface area contributed by atoms with Gasteiger partial charge in [-0.1, -0.05) is 0 Å². The summed E-state index contributed by atoms with van der Waals surface area (Å²) in [7, 11) is -5.91. The number of aromatic nitrogens is 1. The van der Waals surface area contributed by atoms with Gasteiger partial charge >= 0.3 is 22.0 Å². The highest BCUT2D eigenvalue weighted by atomic mass is 32.2. The van der Waals surface area contributed by atoms with Crippen LogP contribution < -0.4 is 8.92 Å². The van der Waals surface area contributed by atoms with Gasteiger partial charge in [0, 0.05) is 5.56 Å². The van der Waals surface area contributed by atoms with Crippen LogP contribution in [0, 0.1) is 0 Å². The number of halogens is 6. The highest BCUT2D eigenvalue weighted by Gasteiger charge is 2.49. The van der Waals surface area contributed by atoms with Crippen molar-refractivity contribution < 1.29 is 48.1 Å². The van der Waals surface area contributed by atoms with Gasteiger partial charge in [-0.3, -0.25) is 0 Å². The molecule has 0 saturated carbocycles. The molecule has 0 radical (unpaired) electrons. The standard InChI is InChI=1S/C11H5F6NO5S/c12-10(13,14)22-7-3-1-6(2-4-7)9-18-8(5-21-9)23-24(19,20)11(15,16)17/h1-5H. The average Bonchev–Trinajstić information content (AvgIpc) is 2.84. The second-order valence-electron chi connectivity index (χ2n) is 4.05. The lowest BCUT2D eigenvalue weighted by molar-refractivity contribution is -0.274. The Hall–Kier alpha value is -2.44. The van der Waals surface area contributed by atoms with E-state index in [4.69, 9.17) is 4.42 Å². The van der Waals surface area contributed by atoms with E-state index in [9.17, 15) is 34.8 Å². The lowest BCUT2D eigenvalue weighted by Gasteiger charge is -2.08. The van der Waals surface area contributed by atoms with Crippen molar-refractivity contribution in [3.05, 3.63) is 30.5 Å². The molecule has 0 bridgehead atoms. The van der Waals surface area contributed by atoms with Crippen LogP contribution in [0.4, 0.5) is 26.3 Å². The molecule has 0 fully saturated rings. The van der Waals surface area contributed by atoms with Gasteiger partial charge in [-0.25, -0.2) is 0 Å². The molecule has 0 aliphatic rings. The quantitative estimate of drug-likeness (QED) is 0.461. The minimum absolute atomic E-state index is 0.0452. The zero-order valence-electron chi connectivity index (χ0n) is 11.1. The molecule has 1 aromatic carbocycles. The highest BCUT2D eigenvalue weighted by molar-refractivity contribution is 7.87. The van der Waals surface area contributed by atoms with E-state index in [2.05, 4.69) is 13.9 Å². The highest BCUT2D eigenvalue weighted by Crippen LogP contribution is 2.30. The predicted octanol–water partition coefficient (Wildman–Crippen LogP) is 3.47. The third-order valence-corrected chi connectivity index (χ3v) is 3.25. The second kappa shape index (κ2) is 5.89. The summed E-state index contributed by atoms with van der Waals surface area (Å²) in [4.78, 5) is 3.35. The third kappa shape index (κ3) is 4.31. The largest absolute Gasteiger partial charge is 0.573 e. The molecule has 24 heavy (non-hydrogen) atoms. The van der Waals surface area contributed by atoms with Crippen molar-refractivity contribution in [1.82, 2.24) is 4.98 Å². The van der Waals surface area contributed by atoms with Crippen molar-refractivity contribution >= 4 is 10.1 Å². The first-order valence-electron chi connectivity index (χ1n) is 5.70. The Morgan fingerprint density at radius 2 is 1.58 bits per heavy atom. The van der Waals surface area contributed by atoms with Crippen LogP contribution in [0.15, 0.2) is 34.9 Å². The molecule has 0 aliphatic carbocycles. The minimum Gasteiger partial charge on any atom is -0.440 e. The molecular formula is C11H5F6NO5S.